The summed E-state index contributed by atoms with van der Waals surface area (Å²) in [5.41, 5.74) is 0. The molecule has 0 bridgehead atoms. The van der Waals surface area contributed by atoms with Gasteiger partial charge in [0.25, 0.3) is 0 Å². The number of hydrogen-bond donors (Lipinski definition) is 0. The third-order valence-corrected chi connectivity index (χ3v) is 3.70. The Kier molecular flexibility index (Phi) is 12.5. The molecular formula is C17H35. The van der Waals surface area contributed by atoms with E-state index in [2.05, 4.69) is 34.1 Å². The lowest BCUT2D eigenvalue weighted by Gasteiger charge is -2.20. The Bertz CT molecular complexity index is 139. The SMILES string of the molecule is CCCCCCC(C)[CH]C(CCC)CCCC. The molecular weight excluding hydrogens is 204 g/mol. The van der Waals surface area contributed by atoms with E-state index in [1.807, 2.05) is 0 Å². The average molecular weight is 239 g/mol. The first-order chi connectivity index (χ1) is 8.24. The fourth-order valence-corrected chi connectivity index (χ4v) is 2.63. The van der Waals surface area contributed by atoms with Gasteiger partial charge in [0.05, 0.1) is 0 Å². The first-order valence-electron chi connectivity index (χ1n) is 8.09. The van der Waals surface area contributed by atoms with Gasteiger partial charge in [-0.25, -0.2) is 0 Å². The lowest BCUT2D eigenvalue weighted by molar-refractivity contribution is 0.415. The summed E-state index contributed by atoms with van der Waals surface area (Å²) in [6.45, 7) is 9.33. The van der Waals surface area contributed by atoms with Gasteiger partial charge in [0, 0.05) is 0 Å². The molecule has 0 nitrogen and oxygen atoms in total. The second kappa shape index (κ2) is 12.5. The molecule has 2 atom stereocenters. The smallest absolute Gasteiger partial charge is 0.0326 e. The maximum atomic E-state index is 2.66. The Morgan fingerprint density at radius 1 is 0.706 bits per heavy atom. The zero-order valence-electron chi connectivity index (χ0n) is 12.8. The van der Waals surface area contributed by atoms with Gasteiger partial charge in [-0.2, -0.15) is 0 Å². The molecule has 0 saturated carbocycles. The van der Waals surface area contributed by atoms with Gasteiger partial charge in [0.1, 0.15) is 0 Å². The molecule has 0 aliphatic heterocycles. The van der Waals surface area contributed by atoms with Crippen LogP contribution in [0.3, 0.4) is 0 Å². The maximum Gasteiger partial charge on any atom is -0.0326 e. The quantitative estimate of drug-likeness (QED) is 0.345. The topological polar surface area (TPSA) is 0 Å². The summed E-state index contributed by atoms with van der Waals surface area (Å²) in [6.07, 6.45) is 16.6. The minimum atomic E-state index is 0.834. The van der Waals surface area contributed by atoms with E-state index in [4.69, 9.17) is 0 Å². The molecule has 0 aromatic heterocycles. The molecule has 0 amide bonds. The molecule has 0 aliphatic rings. The third-order valence-electron chi connectivity index (χ3n) is 3.70. The van der Waals surface area contributed by atoms with Crippen LogP contribution in [0.15, 0.2) is 0 Å². The van der Waals surface area contributed by atoms with Crippen molar-refractivity contribution >= 4 is 0 Å². The zero-order valence-corrected chi connectivity index (χ0v) is 12.8. The monoisotopic (exact) mass is 239 g/mol. The summed E-state index contributed by atoms with van der Waals surface area (Å²) in [4.78, 5) is 0. The van der Waals surface area contributed by atoms with E-state index in [1.54, 1.807) is 0 Å². The summed E-state index contributed by atoms with van der Waals surface area (Å²) in [5, 5.41) is 0. The lowest BCUT2D eigenvalue weighted by atomic mass is 9.86. The summed E-state index contributed by atoms with van der Waals surface area (Å²) in [5.74, 6) is 1.72. The lowest BCUT2D eigenvalue weighted by Crippen LogP contribution is -2.08. The Hall–Kier alpha value is 0. The van der Waals surface area contributed by atoms with Crippen molar-refractivity contribution in [3.05, 3.63) is 6.42 Å². The minimum absolute atomic E-state index is 0.834. The largest absolute Gasteiger partial charge is 0.0654 e. The molecule has 0 saturated heterocycles. The van der Waals surface area contributed by atoms with Crippen molar-refractivity contribution in [2.45, 2.75) is 91.9 Å². The summed E-state index contributed by atoms with van der Waals surface area (Å²) in [6, 6.07) is 0. The van der Waals surface area contributed by atoms with Crippen LogP contribution in [-0.2, 0) is 0 Å². The van der Waals surface area contributed by atoms with Crippen LogP contribution in [0, 0.1) is 18.3 Å². The van der Waals surface area contributed by atoms with Crippen LogP contribution >= 0.6 is 0 Å². The highest BCUT2D eigenvalue weighted by molar-refractivity contribution is 4.81. The van der Waals surface area contributed by atoms with Crippen LogP contribution in [0.1, 0.15) is 91.9 Å². The predicted molar refractivity (Wildman–Crippen MR) is 80.1 cm³/mol. The third kappa shape index (κ3) is 10.9. The molecule has 0 heteroatoms. The minimum Gasteiger partial charge on any atom is -0.0654 e. The predicted octanol–water partition coefficient (Wildman–Crippen LogP) is 6.40. The van der Waals surface area contributed by atoms with E-state index in [0.29, 0.717) is 0 Å². The van der Waals surface area contributed by atoms with E-state index in [1.165, 1.54) is 64.2 Å². The van der Waals surface area contributed by atoms with Crippen molar-refractivity contribution in [3.8, 4) is 0 Å². The number of hydrogen-bond acceptors (Lipinski definition) is 0. The van der Waals surface area contributed by atoms with Crippen LogP contribution in [-0.4, -0.2) is 0 Å². The van der Waals surface area contributed by atoms with Crippen LogP contribution in [0.4, 0.5) is 0 Å². The van der Waals surface area contributed by atoms with Gasteiger partial charge in [-0.15, -0.1) is 0 Å². The molecule has 0 aromatic rings. The van der Waals surface area contributed by atoms with Crippen LogP contribution in [0.2, 0.25) is 0 Å². The second-order valence-electron chi connectivity index (χ2n) is 5.71. The van der Waals surface area contributed by atoms with Gasteiger partial charge in [-0.1, -0.05) is 91.9 Å². The van der Waals surface area contributed by atoms with Crippen molar-refractivity contribution < 1.29 is 0 Å². The molecule has 2 unspecified atom stereocenters. The Morgan fingerprint density at radius 3 is 2.00 bits per heavy atom. The van der Waals surface area contributed by atoms with E-state index in [9.17, 15) is 0 Å². The van der Waals surface area contributed by atoms with E-state index in [-0.39, 0.29) is 0 Å². The van der Waals surface area contributed by atoms with E-state index < -0.39 is 0 Å². The molecule has 17 heavy (non-hydrogen) atoms. The van der Waals surface area contributed by atoms with Crippen molar-refractivity contribution in [1.29, 1.82) is 0 Å². The summed E-state index contributed by atoms with van der Waals surface area (Å²) >= 11 is 0. The van der Waals surface area contributed by atoms with Gasteiger partial charge in [-0.05, 0) is 18.3 Å². The molecule has 0 heterocycles. The van der Waals surface area contributed by atoms with E-state index >= 15 is 0 Å². The van der Waals surface area contributed by atoms with Gasteiger partial charge in [-0.3, -0.25) is 0 Å². The highest BCUT2D eigenvalue weighted by Crippen LogP contribution is 2.24. The molecule has 0 rings (SSSR count). The second-order valence-corrected chi connectivity index (χ2v) is 5.71. The maximum absolute atomic E-state index is 2.66. The van der Waals surface area contributed by atoms with Crippen molar-refractivity contribution in [2.24, 2.45) is 11.8 Å². The number of unbranched alkanes of at least 4 members (excludes halogenated alkanes) is 4. The Morgan fingerprint density at radius 2 is 1.41 bits per heavy atom. The van der Waals surface area contributed by atoms with E-state index in [0.717, 1.165) is 11.8 Å². The fraction of sp³-hybridized carbons (Fsp3) is 0.941. The molecule has 1 radical (unpaired) electrons. The van der Waals surface area contributed by atoms with Crippen LogP contribution < -0.4 is 0 Å². The average Bonchev–Trinajstić information content (AvgIpc) is 2.32. The molecule has 0 aromatic carbocycles. The van der Waals surface area contributed by atoms with Crippen LogP contribution in [0.5, 0.6) is 0 Å². The molecule has 0 spiro atoms. The normalized spacial score (nSPS) is 14.8. The Balaban J connectivity index is 3.66. The highest BCUT2D eigenvalue weighted by atomic mass is 14.2. The van der Waals surface area contributed by atoms with Crippen molar-refractivity contribution in [1.82, 2.24) is 0 Å². The highest BCUT2D eigenvalue weighted by Gasteiger charge is 2.12. The van der Waals surface area contributed by atoms with Gasteiger partial charge in [0.15, 0.2) is 0 Å². The molecule has 0 aliphatic carbocycles. The van der Waals surface area contributed by atoms with Crippen LogP contribution in [0.25, 0.3) is 0 Å². The molecule has 0 fully saturated rings. The molecule has 103 valence electrons. The fourth-order valence-electron chi connectivity index (χ4n) is 2.63. The van der Waals surface area contributed by atoms with Gasteiger partial charge in [0.2, 0.25) is 0 Å². The zero-order chi connectivity index (χ0) is 12.9. The molecule has 0 N–H and O–H groups in total. The number of rotatable bonds is 12. The van der Waals surface area contributed by atoms with Crippen molar-refractivity contribution in [3.63, 3.8) is 0 Å². The van der Waals surface area contributed by atoms with Gasteiger partial charge >= 0.3 is 0 Å². The van der Waals surface area contributed by atoms with Crippen molar-refractivity contribution in [2.75, 3.05) is 0 Å². The summed E-state index contributed by atoms with van der Waals surface area (Å²) < 4.78 is 0. The standard InChI is InChI=1S/C17H35/c1-5-8-10-11-13-16(4)15-17(12-7-3)14-9-6-2/h15-17H,5-14H2,1-4H3. The summed E-state index contributed by atoms with van der Waals surface area (Å²) in [7, 11) is 0. The van der Waals surface area contributed by atoms with Gasteiger partial charge < -0.3 is 0 Å². The Labute approximate surface area is 111 Å². The first-order valence-corrected chi connectivity index (χ1v) is 8.09. The first kappa shape index (κ1) is 17.0.